The quantitative estimate of drug-likeness (QED) is 0.453. The van der Waals surface area contributed by atoms with Crippen LogP contribution in [0.1, 0.15) is 31.3 Å². The van der Waals surface area contributed by atoms with Crippen molar-refractivity contribution in [2.75, 3.05) is 25.1 Å². The summed E-state index contributed by atoms with van der Waals surface area (Å²) in [6.07, 6.45) is -0.519. The van der Waals surface area contributed by atoms with Gasteiger partial charge in [0, 0.05) is 43.6 Å². The zero-order valence-electron chi connectivity index (χ0n) is 11.3. The van der Waals surface area contributed by atoms with Crippen LogP contribution in [0.15, 0.2) is 18.2 Å². The second-order valence-electron chi connectivity index (χ2n) is 4.51. The predicted molar refractivity (Wildman–Crippen MR) is 72.3 cm³/mol. The number of aliphatic hydroxyl groups excluding tert-OH is 1. The Balaban J connectivity index is 2.84. The number of benzene rings is 1. The number of anilines is 1. The number of aliphatic hydroxyl groups is 1. The summed E-state index contributed by atoms with van der Waals surface area (Å²) in [5.41, 5.74) is -0.365. The van der Waals surface area contributed by atoms with E-state index in [0.717, 1.165) is 18.9 Å². The molecule has 7 heteroatoms. The molecule has 0 aliphatic rings. The molecule has 20 heavy (non-hydrogen) atoms. The number of nitro benzene ring substituents is 1. The summed E-state index contributed by atoms with van der Waals surface area (Å²) in [5.74, 6) is 0. The van der Waals surface area contributed by atoms with E-state index in [2.05, 4.69) is 0 Å². The first-order valence-corrected chi connectivity index (χ1v) is 6.36. The molecule has 0 fully saturated rings. The number of unbranched alkanes of at least 4 members (excludes halogenated alkanes) is 2. The van der Waals surface area contributed by atoms with Crippen molar-refractivity contribution in [3.8, 4) is 0 Å². The molecule has 5 nitrogen and oxygen atoms in total. The van der Waals surface area contributed by atoms with E-state index >= 15 is 0 Å². The van der Waals surface area contributed by atoms with Gasteiger partial charge in [-0.2, -0.15) is 0 Å². The second-order valence-corrected chi connectivity index (χ2v) is 4.51. The van der Waals surface area contributed by atoms with Gasteiger partial charge >= 0.3 is 0 Å². The van der Waals surface area contributed by atoms with Gasteiger partial charge in [-0.1, -0.05) is 0 Å². The standard InChI is InChI=1S/C13H18F2N2O3/c1-16(7-3-2-4-8-18)12-6-5-10(17(19)20)9-11(12)13(14)15/h5-6,9,13,18H,2-4,7-8H2,1H3. The van der Waals surface area contributed by atoms with Crippen molar-refractivity contribution in [2.24, 2.45) is 0 Å². The van der Waals surface area contributed by atoms with Crippen LogP contribution in [-0.4, -0.2) is 30.2 Å². The van der Waals surface area contributed by atoms with Gasteiger partial charge in [0.15, 0.2) is 0 Å². The van der Waals surface area contributed by atoms with Crippen LogP contribution < -0.4 is 4.90 Å². The van der Waals surface area contributed by atoms with Gasteiger partial charge < -0.3 is 10.0 Å². The largest absolute Gasteiger partial charge is 0.396 e. The van der Waals surface area contributed by atoms with Gasteiger partial charge in [-0.3, -0.25) is 10.1 Å². The van der Waals surface area contributed by atoms with Gasteiger partial charge in [0.1, 0.15) is 0 Å². The van der Waals surface area contributed by atoms with Crippen molar-refractivity contribution < 1.29 is 18.8 Å². The van der Waals surface area contributed by atoms with E-state index in [1.807, 2.05) is 0 Å². The molecule has 0 unspecified atom stereocenters. The third-order valence-corrected chi connectivity index (χ3v) is 3.02. The lowest BCUT2D eigenvalue weighted by Gasteiger charge is -2.22. The normalized spacial score (nSPS) is 10.8. The maximum Gasteiger partial charge on any atom is 0.270 e. The lowest BCUT2D eigenvalue weighted by Crippen LogP contribution is -2.20. The Morgan fingerprint density at radius 2 is 2.05 bits per heavy atom. The first kappa shape index (κ1) is 16.3. The molecule has 0 aromatic heterocycles. The number of nitrogens with zero attached hydrogens (tertiary/aromatic N) is 2. The van der Waals surface area contributed by atoms with E-state index in [0.29, 0.717) is 18.7 Å². The van der Waals surface area contributed by atoms with Crippen LogP contribution >= 0.6 is 0 Å². The molecular weight excluding hydrogens is 270 g/mol. The van der Waals surface area contributed by atoms with Crippen molar-refractivity contribution in [1.82, 2.24) is 0 Å². The fourth-order valence-corrected chi connectivity index (χ4v) is 1.94. The van der Waals surface area contributed by atoms with Crippen LogP contribution in [0, 0.1) is 10.1 Å². The fourth-order valence-electron chi connectivity index (χ4n) is 1.94. The van der Waals surface area contributed by atoms with Gasteiger partial charge in [0.25, 0.3) is 12.1 Å². The van der Waals surface area contributed by atoms with Crippen molar-refractivity contribution >= 4 is 11.4 Å². The Labute approximate surface area is 116 Å². The van der Waals surface area contributed by atoms with Crippen LogP contribution in [0.5, 0.6) is 0 Å². The van der Waals surface area contributed by atoms with E-state index < -0.39 is 11.3 Å². The third-order valence-electron chi connectivity index (χ3n) is 3.02. The van der Waals surface area contributed by atoms with Crippen molar-refractivity contribution in [3.63, 3.8) is 0 Å². The van der Waals surface area contributed by atoms with Crippen LogP contribution in [0.2, 0.25) is 0 Å². The van der Waals surface area contributed by atoms with E-state index in [1.54, 1.807) is 11.9 Å². The number of nitro groups is 1. The molecule has 0 atom stereocenters. The zero-order chi connectivity index (χ0) is 15.1. The van der Waals surface area contributed by atoms with Crippen LogP contribution in [0.3, 0.4) is 0 Å². The lowest BCUT2D eigenvalue weighted by molar-refractivity contribution is -0.385. The number of alkyl halides is 2. The highest BCUT2D eigenvalue weighted by Crippen LogP contribution is 2.32. The Hall–Kier alpha value is -1.76. The Morgan fingerprint density at radius 3 is 2.60 bits per heavy atom. The smallest absolute Gasteiger partial charge is 0.270 e. The molecule has 0 aliphatic carbocycles. The first-order valence-electron chi connectivity index (χ1n) is 6.36. The highest BCUT2D eigenvalue weighted by molar-refractivity contribution is 5.58. The summed E-state index contributed by atoms with van der Waals surface area (Å²) in [6.45, 7) is 0.668. The fraction of sp³-hybridized carbons (Fsp3) is 0.538. The minimum absolute atomic E-state index is 0.115. The van der Waals surface area contributed by atoms with Gasteiger partial charge in [-0.05, 0) is 25.3 Å². The molecule has 0 radical (unpaired) electrons. The topological polar surface area (TPSA) is 66.6 Å². The maximum absolute atomic E-state index is 13.0. The zero-order valence-corrected chi connectivity index (χ0v) is 11.3. The Bertz CT molecular complexity index is 455. The molecule has 0 amide bonds. The summed E-state index contributed by atoms with van der Waals surface area (Å²) >= 11 is 0. The average Bonchev–Trinajstić information content (AvgIpc) is 2.42. The Morgan fingerprint density at radius 1 is 1.35 bits per heavy atom. The number of hydrogen-bond acceptors (Lipinski definition) is 4. The number of rotatable bonds is 8. The van der Waals surface area contributed by atoms with Crippen molar-refractivity contribution in [2.45, 2.75) is 25.7 Å². The molecule has 1 rings (SSSR count). The molecule has 0 heterocycles. The molecule has 1 N–H and O–H groups in total. The van der Waals surface area contributed by atoms with Crippen molar-refractivity contribution in [3.05, 3.63) is 33.9 Å². The molecule has 0 aliphatic heterocycles. The van der Waals surface area contributed by atoms with E-state index in [4.69, 9.17) is 5.11 Å². The highest BCUT2D eigenvalue weighted by atomic mass is 19.3. The number of non-ortho nitro benzene ring substituents is 1. The third kappa shape index (κ3) is 4.41. The first-order chi connectivity index (χ1) is 9.47. The van der Waals surface area contributed by atoms with Gasteiger partial charge in [0.2, 0.25) is 0 Å². The monoisotopic (exact) mass is 288 g/mol. The van der Waals surface area contributed by atoms with E-state index in [-0.39, 0.29) is 17.9 Å². The molecule has 112 valence electrons. The summed E-state index contributed by atoms with van der Waals surface area (Å²) in [5, 5.41) is 19.3. The molecule has 0 saturated heterocycles. The molecule has 0 bridgehead atoms. The molecule has 0 saturated carbocycles. The van der Waals surface area contributed by atoms with Gasteiger partial charge in [-0.25, -0.2) is 8.78 Å². The van der Waals surface area contributed by atoms with E-state index in [1.165, 1.54) is 12.1 Å². The van der Waals surface area contributed by atoms with Crippen LogP contribution in [0.4, 0.5) is 20.2 Å². The minimum Gasteiger partial charge on any atom is -0.396 e. The Kier molecular flexibility index (Phi) is 6.30. The number of hydrogen-bond donors (Lipinski definition) is 1. The molecule has 0 spiro atoms. The lowest BCUT2D eigenvalue weighted by atomic mass is 10.1. The van der Waals surface area contributed by atoms with Crippen LogP contribution in [0.25, 0.3) is 0 Å². The summed E-state index contributed by atoms with van der Waals surface area (Å²) < 4.78 is 26.0. The summed E-state index contributed by atoms with van der Waals surface area (Å²) in [7, 11) is 1.67. The predicted octanol–water partition coefficient (Wildman–Crippen LogP) is 3.13. The van der Waals surface area contributed by atoms with Gasteiger partial charge in [-0.15, -0.1) is 0 Å². The molecule has 1 aromatic rings. The second kappa shape index (κ2) is 7.74. The summed E-state index contributed by atoms with van der Waals surface area (Å²) in [6, 6.07) is 3.50. The van der Waals surface area contributed by atoms with Gasteiger partial charge in [0.05, 0.1) is 4.92 Å². The SMILES string of the molecule is CN(CCCCCO)c1ccc([N+](=O)[O-])cc1C(F)F. The summed E-state index contributed by atoms with van der Waals surface area (Å²) in [4.78, 5) is 11.6. The van der Waals surface area contributed by atoms with Crippen LogP contribution in [-0.2, 0) is 0 Å². The molecular formula is C13H18F2N2O3. The average molecular weight is 288 g/mol. The molecule has 1 aromatic carbocycles. The maximum atomic E-state index is 13.0. The number of halogens is 2. The van der Waals surface area contributed by atoms with Crippen molar-refractivity contribution in [1.29, 1.82) is 0 Å². The highest BCUT2D eigenvalue weighted by Gasteiger charge is 2.19. The van der Waals surface area contributed by atoms with E-state index in [9.17, 15) is 18.9 Å². The minimum atomic E-state index is -2.76.